The number of benzene rings is 2. The molecule has 3 amide bonds. The van der Waals surface area contributed by atoms with Gasteiger partial charge in [0.15, 0.2) is 0 Å². The topological polar surface area (TPSA) is 99.3 Å². The molecule has 2 aromatic rings. The number of halogens is 1. The summed E-state index contributed by atoms with van der Waals surface area (Å²) in [5.74, 6) is -0.736. The van der Waals surface area contributed by atoms with Gasteiger partial charge in [-0.3, -0.25) is 29.0 Å². The molecule has 3 aliphatic rings. The summed E-state index contributed by atoms with van der Waals surface area (Å²) in [6.45, 7) is 7.56. The van der Waals surface area contributed by atoms with Crippen LogP contribution in [0.15, 0.2) is 48.6 Å². The Morgan fingerprint density at radius 1 is 1.02 bits per heavy atom. The molecular weight excluding hydrogens is 556 g/mol. The zero-order chi connectivity index (χ0) is 29.6. The second kappa shape index (κ2) is 13.5. The Morgan fingerprint density at radius 2 is 1.79 bits per heavy atom. The van der Waals surface area contributed by atoms with Crippen LogP contribution in [0.5, 0.6) is 5.75 Å². The minimum atomic E-state index is -0.497. The molecule has 1 atom stereocenters. The third kappa shape index (κ3) is 7.20. The number of aryl methyl sites for hydroxylation is 1. The molecule has 5 rings (SSSR count). The second-order valence-electron chi connectivity index (χ2n) is 11.2. The van der Waals surface area contributed by atoms with E-state index in [-0.39, 0.29) is 24.8 Å². The Morgan fingerprint density at radius 3 is 2.55 bits per heavy atom. The van der Waals surface area contributed by atoms with Crippen LogP contribution in [0.4, 0.5) is 5.69 Å². The Kier molecular flexibility index (Phi) is 9.59. The summed E-state index contributed by atoms with van der Waals surface area (Å²) in [5.41, 5.74) is 4.17. The number of nitrogens with one attached hydrogen (secondary N) is 1. The van der Waals surface area contributed by atoms with Crippen molar-refractivity contribution in [3.63, 3.8) is 0 Å². The van der Waals surface area contributed by atoms with Crippen molar-refractivity contribution >= 4 is 40.8 Å². The maximum atomic E-state index is 12.5. The van der Waals surface area contributed by atoms with Gasteiger partial charge in [0, 0.05) is 63.6 Å². The van der Waals surface area contributed by atoms with E-state index >= 15 is 0 Å². The molecular formula is C32H37ClN4O5. The average molecular weight is 593 g/mol. The molecule has 1 unspecified atom stereocenters. The van der Waals surface area contributed by atoms with E-state index in [1.807, 2.05) is 31.2 Å². The first-order valence-electron chi connectivity index (χ1n) is 14.6. The van der Waals surface area contributed by atoms with E-state index in [9.17, 15) is 19.2 Å². The summed E-state index contributed by atoms with van der Waals surface area (Å²) in [4.78, 5) is 54.0. The summed E-state index contributed by atoms with van der Waals surface area (Å²) in [5, 5.41) is 3.63. The van der Waals surface area contributed by atoms with Gasteiger partial charge in [-0.2, -0.15) is 0 Å². The number of ketones is 1. The summed E-state index contributed by atoms with van der Waals surface area (Å²) in [6.07, 6.45) is 4.96. The molecule has 0 bridgehead atoms. The highest BCUT2D eigenvalue weighted by atomic mass is 35.5. The van der Waals surface area contributed by atoms with Crippen molar-refractivity contribution in [3.8, 4) is 5.75 Å². The molecule has 1 saturated heterocycles. The molecule has 1 fully saturated rings. The number of rotatable bonds is 11. The molecule has 0 radical (unpaired) electrons. The maximum Gasteiger partial charge on any atom is 0.254 e. The van der Waals surface area contributed by atoms with E-state index in [0.29, 0.717) is 19.4 Å². The lowest BCUT2D eigenvalue weighted by Crippen LogP contribution is -2.46. The van der Waals surface area contributed by atoms with Crippen molar-refractivity contribution in [3.05, 3.63) is 70.3 Å². The van der Waals surface area contributed by atoms with Gasteiger partial charge in [-0.1, -0.05) is 29.8 Å². The lowest BCUT2D eigenvalue weighted by atomic mass is 9.82. The number of hydrogen-bond donors (Lipinski definition) is 1. The molecule has 0 saturated carbocycles. The zero-order valence-corrected chi connectivity index (χ0v) is 24.7. The van der Waals surface area contributed by atoms with Crippen LogP contribution >= 0.6 is 11.6 Å². The van der Waals surface area contributed by atoms with E-state index in [0.717, 1.165) is 95.8 Å². The molecule has 42 heavy (non-hydrogen) atoms. The molecule has 1 aliphatic carbocycles. The first kappa shape index (κ1) is 29.8. The highest BCUT2D eigenvalue weighted by Crippen LogP contribution is 2.32. The van der Waals surface area contributed by atoms with Gasteiger partial charge in [-0.25, -0.2) is 0 Å². The lowest BCUT2D eigenvalue weighted by molar-refractivity contribution is -0.141. The molecule has 0 spiro atoms. The van der Waals surface area contributed by atoms with Gasteiger partial charge < -0.3 is 15.0 Å². The summed E-state index contributed by atoms with van der Waals surface area (Å²) < 4.78 is 6.03. The van der Waals surface area contributed by atoms with Crippen molar-refractivity contribution in [1.29, 1.82) is 0 Å². The number of piperazine rings is 1. The molecule has 10 heteroatoms. The van der Waals surface area contributed by atoms with Gasteiger partial charge in [0.1, 0.15) is 18.1 Å². The number of hydrogen-bond acceptors (Lipinski definition) is 7. The Labute approximate surface area is 251 Å². The predicted octanol–water partition coefficient (Wildman–Crippen LogP) is 3.27. The van der Waals surface area contributed by atoms with Gasteiger partial charge in [-0.15, -0.1) is 0 Å². The first-order valence-corrected chi connectivity index (χ1v) is 15.0. The molecule has 1 N–H and O–H groups in total. The van der Waals surface area contributed by atoms with Gasteiger partial charge in [-0.05, 0) is 61.2 Å². The van der Waals surface area contributed by atoms with Crippen LogP contribution in [-0.2, 0) is 25.6 Å². The van der Waals surface area contributed by atoms with E-state index in [2.05, 4.69) is 27.2 Å². The minimum Gasteiger partial charge on any atom is -0.494 e. The molecule has 222 valence electrons. The molecule has 2 aromatic carbocycles. The van der Waals surface area contributed by atoms with Gasteiger partial charge in [0.05, 0.1) is 17.3 Å². The quantitative estimate of drug-likeness (QED) is 0.316. The smallest absolute Gasteiger partial charge is 0.254 e. The minimum absolute atomic E-state index is 0.109. The SMILES string of the molecule is Cc1cccc(N2CCN(CCCCOc3ccc4c(c3)CC(=O)CC4CNC(=O)CN3C(=O)C=CC3=O)CC2)c1Cl. The number of amides is 3. The number of imide groups is 1. The Hall–Kier alpha value is -3.69. The fourth-order valence-electron chi connectivity index (χ4n) is 5.81. The van der Waals surface area contributed by atoms with E-state index in [1.165, 1.54) is 0 Å². The number of Topliss-reactive ketones (excluding diaryl/α,β-unsaturated/α-hetero) is 1. The largest absolute Gasteiger partial charge is 0.494 e. The Bertz CT molecular complexity index is 1370. The standard InChI is InChI=1S/C32H37ClN4O5/c1-22-5-4-6-28(32(22)33)36-14-12-35(13-15-36)11-2-3-16-42-26-7-8-27-23(19-26)17-25(38)18-24(27)20-34-29(39)21-37-30(40)9-10-31(37)41/h4-10,19,24H,2-3,11-18,20-21H2,1H3,(H,34,39). The fraction of sp³-hybridized carbons (Fsp3) is 0.438. The van der Waals surface area contributed by atoms with Crippen LogP contribution in [-0.4, -0.2) is 85.7 Å². The summed E-state index contributed by atoms with van der Waals surface area (Å²) >= 11 is 6.52. The van der Waals surface area contributed by atoms with E-state index in [1.54, 1.807) is 0 Å². The molecule has 2 heterocycles. The normalized spacial score (nSPS) is 18.9. The lowest BCUT2D eigenvalue weighted by Gasteiger charge is -2.36. The van der Waals surface area contributed by atoms with E-state index in [4.69, 9.17) is 16.3 Å². The van der Waals surface area contributed by atoms with Crippen molar-refractivity contribution in [2.24, 2.45) is 0 Å². The first-order chi connectivity index (χ1) is 20.3. The second-order valence-corrected chi connectivity index (χ2v) is 11.5. The monoisotopic (exact) mass is 592 g/mol. The van der Waals surface area contributed by atoms with Crippen molar-refractivity contribution in [2.75, 3.05) is 57.3 Å². The highest BCUT2D eigenvalue weighted by Gasteiger charge is 2.28. The van der Waals surface area contributed by atoms with E-state index < -0.39 is 17.7 Å². The fourth-order valence-corrected chi connectivity index (χ4v) is 6.06. The summed E-state index contributed by atoms with van der Waals surface area (Å²) in [6, 6.07) is 12.0. The van der Waals surface area contributed by atoms with Crippen LogP contribution in [0.1, 0.15) is 41.9 Å². The highest BCUT2D eigenvalue weighted by molar-refractivity contribution is 6.34. The molecule has 0 aromatic heterocycles. The van der Waals surface area contributed by atoms with Gasteiger partial charge >= 0.3 is 0 Å². The molecule has 2 aliphatic heterocycles. The predicted molar refractivity (Wildman–Crippen MR) is 161 cm³/mol. The van der Waals surface area contributed by atoms with Gasteiger partial charge in [0.25, 0.3) is 11.8 Å². The van der Waals surface area contributed by atoms with Gasteiger partial charge in [0.2, 0.25) is 5.91 Å². The third-order valence-corrected chi connectivity index (χ3v) is 8.68. The number of anilines is 1. The van der Waals surface area contributed by atoms with Crippen LogP contribution in [0.2, 0.25) is 5.02 Å². The van der Waals surface area contributed by atoms with Crippen LogP contribution in [0.3, 0.4) is 0 Å². The number of ether oxygens (including phenoxy) is 1. The third-order valence-electron chi connectivity index (χ3n) is 8.19. The Balaban J connectivity index is 1.03. The molecule has 9 nitrogen and oxygen atoms in total. The van der Waals surface area contributed by atoms with Crippen LogP contribution in [0.25, 0.3) is 0 Å². The van der Waals surface area contributed by atoms with Crippen molar-refractivity contribution < 1.29 is 23.9 Å². The van der Waals surface area contributed by atoms with Crippen molar-refractivity contribution in [1.82, 2.24) is 15.1 Å². The summed E-state index contributed by atoms with van der Waals surface area (Å²) in [7, 11) is 0. The zero-order valence-electron chi connectivity index (χ0n) is 23.9. The average Bonchev–Trinajstić information content (AvgIpc) is 3.29. The van der Waals surface area contributed by atoms with Crippen molar-refractivity contribution in [2.45, 2.75) is 38.5 Å². The number of carbonyl (C=O) groups is 4. The number of fused-ring (bicyclic) bond motifs is 1. The van der Waals surface area contributed by atoms with Crippen LogP contribution in [0, 0.1) is 6.92 Å². The number of nitrogens with zero attached hydrogens (tertiary/aromatic N) is 3. The number of carbonyl (C=O) groups excluding carboxylic acids is 4. The van der Waals surface area contributed by atoms with Crippen LogP contribution < -0.4 is 15.0 Å². The number of unbranched alkanes of at least 4 members (excludes halogenated alkanes) is 1. The maximum absolute atomic E-state index is 12.5.